The Bertz CT molecular complexity index is 466. The van der Waals surface area contributed by atoms with Gasteiger partial charge in [0.2, 0.25) is 17.5 Å². The zero-order chi connectivity index (χ0) is 14.3. The number of nitrogens with two attached hydrogens (primary N) is 1. The zero-order valence-electron chi connectivity index (χ0n) is 10.3. The maximum absolute atomic E-state index is 10.9. The summed E-state index contributed by atoms with van der Waals surface area (Å²) in [5, 5.41) is 16.3. The summed E-state index contributed by atoms with van der Waals surface area (Å²) >= 11 is 0. The quantitative estimate of drug-likeness (QED) is 0.320. The van der Waals surface area contributed by atoms with Crippen LogP contribution in [0.5, 0.6) is 0 Å². The Labute approximate surface area is 108 Å². The van der Waals surface area contributed by atoms with Crippen molar-refractivity contribution in [2.24, 2.45) is 5.73 Å². The van der Waals surface area contributed by atoms with Crippen LogP contribution in [0.1, 0.15) is 0 Å². The second-order valence-electron chi connectivity index (χ2n) is 3.37. The normalized spacial score (nSPS) is 9.95. The van der Waals surface area contributed by atoms with E-state index in [1.165, 1.54) is 13.4 Å². The minimum atomic E-state index is -0.585. The lowest BCUT2D eigenvalue weighted by Gasteiger charge is -2.08. The summed E-state index contributed by atoms with van der Waals surface area (Å²) in [6.45, 7) is 0.211. The Hall–Kier alpha value is -2.49. The Morgan fingerprint density at radius 3 is 2.79 bits per heavy atom. The number of aromatic nitrogens is 2. The number of ether oxygens (including phenoxy) is 1. The van der Waals surface area contributed by atoms with Gasteiger partial charge in [0.25, 0.3) is 0 Å². The second-order valence-corrected chi connectivity index (χ2v) is 3.37. The number of nitrogens with one attached hydrogen (secondary N) is 2. The smallest absolute Gasteiger partial charge is 0.353 e. The van der Waals surface area contributed by atoms with Crippen molar-refractivity contribution in [1.82, 2.24) is 9.97 Å². The van der Waals surface area contributed by atoms with E-state index >= 15 is 0 Å². The largest absolute Gasteiger partial charge is 0.370 e. The molecule has 0 radical (unpaired) electrons. The van der Waals surface area contributed by atoms with Crippen LogP contribution in [-0.2, 0) is 9.53 Å². The van der Waals surface area contributed by atoms with E-state index in [1.54, 1.807) is 0 Å². The van der Waals surface area contributed by atoms with Crippen molar-refractivity contribution < 1.29 is 14.5 Å². The van der Waals surface area contributed by atoms with Gasteiger partial charge in [0.15, 0.2) is 0 Å². The molecule has 1 aromatic heterocycles. The van der Waals surface area contributed by atoms with E-state index in [2.05, 4.69) is 20.6 Å². The number of rotatable bonds is 8. The molecule has 0 aromatic carbocycles. The summed E-state index contributed by atoms with van der Waals surface area (Å²) in [5.41, 5.74) is 4.63. The SMILES string of the molecule is CNc1ncnc(NCCOCC(N)=O)c1[N+](=O)[O-]. The lowest BCUT2D eigenvalue weighted by molar-refractivity contribution is -0.383. The summed E-state index contributed by atoms with van der Waals surface area (Å²) in [6, 6.07) is 0. The fraction of sp³-hybridized carbons (Fsp3) is 0.444. The molecule has 0 aliphatic carbocycles. The molecule has 0 aliphatic rings. The van der Waals surface area contributed by atoms with Gasteiger partial charge in [0, 0.05) is 13.6 Å². The molecule has 10 nitrogen and oxygen atoms in total. The highest BCUT2D eigenvalue weighted by atomic mass is 16.6. The minimum absolute atomic E-state index is 0.0759. The van der Waals surface area contributed by atoms with E-state index < -0.39 is 10.8 Å². The first-order valence-corrected chi connectivity index (χ1v) is 5.33. The molecular weight excluding hydrogens is 256 g/mol. The molecule has 104 valence electrons. The van der Waals surface area contributed by atoms with Gasteiger partial charge >= 0.3 is 5.69 Å². The van der Waals surface area contributed by atoms with E-state index in [0.29, 0.717) is 0 Å². The lowest BCUT2D eigenvalue weighted by atomic mass is 10.4. The van der Waals surface area contributed by atoms with Crippen LogP contribution in [0.25, 0.3) is 0 Å². The third-order valence-corrected chi connectivity index (χ3v) is 2.02. The zero-order valence-corrected chi connectivity index (χ0v) is 10.3. The molecule has 0 saturated heterocycles. The van der Waals surface area contributed by atoms with Gasteiger partial charge in [-0.1, -0.05) is 0 Å². The van der Waals surface area contributed by atoms with Gasteiger partial charge in [0.1, 0.15) is 12.9 Å². The van der Waals surface area contributed by atoms with Gasteiger partial charge in [-0.3, -0.25) is 14.9 Å². The van der Waals surface area contributed by atoms with Gasteiger partial charge in [0.05, 0.1) is 11.5 Å². The predicted octanol–water partition coefficient (Wildman–Crippen LogP) is -0.660. The molecule has 1 amide bonds. The standard InChI is InChI=1S/C9H14N6O4/c1-11-8-7(15(17)18)9(14-5-13-8)12-2-3-19-4-6(10)16/h5H,2-4H2,1H3,(H2,10,16)(H2,11,12,13,14). The van der Waals surface area contributed by atoms with Crippen LogP contribution in [-0.4, -0.2) is 47.6 Å². The average molecular weight is 270 g/mol. The van der Waals surface area contributed by atoms with Crippen molar-refractivity contribution >= 4 is 23.2 Å². The van der Waals surface area contributed by atoms with Crippen molar-refractivity contribution in [3.8, 4) is 0 Å². The van der Waals surface area contributed by atoms with Gasteiger partial charge in [-0.2, -0.15) is 0 Å². The molecule has 0 bridgehead atoms. The predicted molar refractivity (Wildman–Crippen MR) is 66.7 cm³/mol. The van der Waals surface area contributed by atoms with Crippen molar-refractivity contribution in [3.05, 3.63) is 16.4 Å². The summed E-state index contributed by atoms with van der Waals surface area (Å²) in [4.78, 5) is 28.3. The number of nitro groups is 1. The highest BCUT2D eigenvalue weighted by Gasteiger charge is 2.21. The number of anilines is 2. The molecule has 0 fully saturated rings. The number of hydrogen-bond acceptors (Lipinski definition) is 8. The van der Waals surface area contributed by atoms with Crippen LogP contribution in [0.3, 0.4) is 0 Å². The van der Waals surface area contributed by atoms with Crippen LogP contribution in [0.2, 0.25) is 0 Å². The molecule has 0 atom stereocenters. The number of primary amides is 1. The topological polar surface area (TPSA) is 145 Å². The first-order chi connectivity index (χ1) is 9.06. The Balaban J connectivity index is 2.62. The highest BCUT2D eigenvalue weighted by molar-refractivity contribution is 5.75. The van der Waals surface area contributed by atoms with Crippen LogP contribution < -0.4 is 16.4 Å². The van der Waals surface area contributed by atoms with E-state index in [-0.39, 0.29) is 37.1 Å². The van der Waals surface area contributed by atoms with E-state index in [9.17, 15) is 14.9 Å². The first kappa shape index (κ1) is 14.6. The van der Waals surface area contributed by atoms with E-state index in [4.69, 9.17) is 10.5 Å². The van der Waals surface area contributed by atoms with Crippen LogP contribution >= 0.6 is 0 Å². The monoisotopic (exact) mass is 270 g/mol. The van der Waals surface area contributed by atoms with Crippen molar-refractivity contribution in [1.29, 1.82) is 0 Å². The molecule has 19 heavy (non-hydrogen) atoms. The third-order valence-electron chi connectivity index (χ3n) is 2.02. The molecule has 4 N–H and O–H groups in total. The fourth-order valence-electron chi connectivity index (χ4n) is 1.28. The van der Waals surface area contributed by atoms with Crippen molar-refractivity contribution in [2.75, 3.05) is 37.4 Å². The van der Waals surface area contributed by atoms with Crippen molar-refractivity contribution in [3.63, 3.8) is 0 Å². The second kappa shape index (κ2) is 7.06. The number of hydrogen-bond donors (Lipinski definition) is 3. The Kier molecular flexibility index (Phi) is 5.41. The Morgan fingerprint density at radius 1 is 1.53 bits per heavy atom. The molecule has 0 unspecified atom stereocenters. The van der Waals surface area contributed by atoms with Gasteiger partial charge in [-0.25, -0.2) is 9.97 Å². The number of amides is 1. The molecule has 0 spiro atoms. The summed E-state index contributed by atoms with van der Waals surface area (Å²) in [5.74, 6) is -0.391. The summed E-state index contributed by atoms with van der Waals surface area (Å²) in [6.07, 6.45) is 1.20. The fourth-order valence-corrected chi connectivity index (χ4v) is 1.28. The maximum atomic E-state index is 10.9. The maximum Gasteiger partial charge on any atom is 0.353 e. The Morgan fingerprint density at radius 2 is 2.21 bits per heavy atom. The van der Waals surface area contributed by atoms with E-state index in [0.717, 1.165) is 0 Å². The molecular formula is C9H14N6O4. The van der Waals surface area contributed by atoms with Crippen LogP contribution in [0, 0.1) is 10.1 Å². The van der Waals surface area contributed by atoms with Gasteiger partial charge in [-0.05, 0) is 0 Å². The van der Waals surface area contributed by atoms with Gasteiger partial charge in [-0.15, -0.1) is 0 Å². The van der Waals surface area contributed by atoms with Gasteiger partial charge < -0.3 is 21.1 Å². The van der Waals surface area contributed by atoms with Crippen LogP contribution in [0.4, 0.5) is 17.3 Å². The third kappa shape index (κ3) is 4.35. The summed E-state index contributed by atoms with van der Waals surface area (Å²) < 4.78 is 4.91. The molecule has 1 heterocycles. The molecule has 10 heteroatoms. The molecule has 0 aliphatic heterocycles. The van der Waals surface area contributed by atoms with Crippen molar-refractivity contribution in [2.45, 2.75) is 0 Å². The van der Waals surface area contributed by atoms with Crippen LogP contribution in [0.15, 0.2) is 6.33 Å². The first-order valence-electron chi connectivity index (χ1n) is 5.33. The number of nitrogens with zero attached hydrogens (tertiary/aromatic N) is 3. The number of carbonyl (C=O) groups excluding carboxylic acids is 1. The summed E-state index contributed by atoms with van der Waals surface area (Å²) in [7, 11) is 1.52. The van der Waals surface area contributed by atoms with E-state index in [1.807, 2.05) is 0 Å². The molecule has 0 saturated carbocycles. The number of carbonyl (C=O) groups is 1. The molecule has 1 aromatic rings. The molecule has 1 rings (SSSR count). The lowest BCUT2D eigenvalue weighted by Crippen LogP contribution is -2.21. The minimum Gasteiger partial charge on any atom is -0.370 e. The average Bonchev–Trinajstić information content (AvgIpc) is 2.37. The highest BCUT2D eigenvalue weighted by Crippen LogP contribution is 2.27.